The van der Waals surface area contributed by atoms with E-state index in [0.29, 0.717) is 6.61 Å². The number of benzene rings is 3. The fourth-order valence-electron chi connectivity index (χ4n) is 3.89. The van der Waals surface area contributed by atoms with Gasteiger partial charge in [0.15, 0.2) is 0 Å². The number of carbonyl (C=O) groups excluding carboxylic acids is 3. The number of ether oxygens (including phenoxy) is 3. The Hall–Kier alpha value is -5.72. The standard InChI is InChI=1S/C18H15P.C10H14O2.C9H11BrO2.C6H7BrO2.C6H8O2.C4H8O2.BrH/c1-4-10-16(11-5-1)19(17-12-6-2-7-13-17)18-14-8-3-9-15-18;1-3-5-6-7-8-10(11)12-9-4-2;1-2-8-12-9(11)6-4-3-5-7-10;7-5-3-1-2-4-6(8)9;1-2-3-4-5-6(7)8;1-3-6-4(2)5;/h1-15H;4-8H,2-3,9H2,1H3;2-6H,1,7-8H2;1-4H,5H2,(H,8,9);2-5H,1H3,(H,7,8);3H2,1-2H3;1H/p-1/b;6-5+,8-7+;5-3+,6-4+;3-1+,4-2+;3-2+,5-4+;;. The summed E-state index contributed by atoms with van der Waals surface area (Å²) in [5, 5.41) is 21.8. The van der Waals surface area contributed by atoms with Gasteiger partial charge in [-0.05, 0) is 44.1 Å². The second-order valence-corrected chi connectivity index (χ2v) is 15.3. The Bertz CT molecular complexity index is 1850. The first-order valence-corrected chi connectivity index (χ1v) is 24.0. The van der Waals surface area contributed by atoms with Gasteiger partial charge >= 0.3 is 29.8 Å². The first-order valence-electron chi connectivity index (χ1n) is 20.4. The predicted octanol–water partition coefficient (Wildman–Crippen LogP) is 8.26. The summed E-state index contributed by atoms with van der Waals surface area (Å²) in [6.07, 6.45) is 29.5. The van der Waals surface area contributed by atoms with Gasteiger partial charge in [0.05, 0.1) is 6.61 Å². The Morgan fingerprint density at radius 2 is 0.896 bits per heavy atom. The van der Waals surface area contributed by atoms with Crippen molar-refractivity contribution in [2.45, 2.75) is 34.1 Å². The lowest BCUT2D eigenvalue weighted by Gasteiger charge is -2.18. The number of hydrogen-bond donors (Lipinski definition) is 2. The van der Waals surface area contributed by atoms with Crippen LogP contribution in [0.3, 0.4) is 0 Å². The van der Waals surface area contributed by atoms with E-state index in [1.807, 2.05) is 32.1 Å². The quantitative estimate of drug-likeness (QED) is 0.0228. The molecule has 0 aliphatic carbocycles. The molecule has 0 saturated heterocycles. The third-order valence-corrected chi connectivity index (χ3v) is 9.67. The number of rotatable bonds is 19. The van der Waals surface area contributed by atoms with Crippen LogP contribution in [-0.4, -0.2) is 70.5 Å². The second-order valence-electron chi connectivity index (χ2n) is 11.7. The van der Waals surface area contributed by atoms with E-state index in [4.69, 9.17) is 14.9 Å². The summed E-state index contributed by atoms with van der Waals surface area (Å²) in [7, 11) is -0.446. The normalized spacial score (nSPS) is 10.4. The maximum Gasteiger partial charge on any atom is 0.331 e. The zero-order valence-corrected chi connectivity index (χ0v) is 44.1. The second kappa shape index (κ2) is 52.9. The van der Waals surface area contributed by atoms with E-state index >= 15 is 0 Å². The molecule has 0 unspecified atom stereocenters. The topological polar surface area (TPSA) is 154 Å². The van der Waals surface area contributed by atoms with Crippen molar-refractivity contribution >= 4 is 85.5 Å². The number of aliphatic carboxylic acids is 2. The van der Waals surface area contributed by atoms with E-state index in [-0.39, 0.29) is 48.1 Å². The molecule has 10 nitrogen and oxygen atoms in total. The monoisotopic (exact) mass is 1130 g/mol. The highest BCUT2D eigenvalue weighted by Crippen LogP contribution is 2.32. The van der Waals surface area contributed by atoms with Crippen LogP contribution < -0.4 is 32.9 Å². The van der Waals surface area contributed by atoms with Gasteiger partial charge in [0.1, 0.15) is 13.2 Å². The van der Waals surface area contributed by atoms with Gasteiger partial charge < -0.3 is 41.4 Å². The molecule has 0 bridgehead atoms. The van der Waals surface area contributed by atoms with Crippen molar-refractivity contribution in [1.82, 2.24) is 0 Å². The average molecular weight is 1130 g/mol. The molecule has 14 heteroatoms. The molecule has 0 amide bonds. The maximum absolute atomic E-state index is 10.8. The van der Waals surface area contributed by atoms with Crippen LogP contribution >= 0.6 is 39.8 Å². The lowest BCUT2D eigenvalue weighted by molar-refractivity contribution is -0.140. The molecule has 2 N–H and O–H groups in total. The van der Waals surface area contributed by atoms with Crippen molar-refractivity contribution in [2.75, 3.05) is 30.5 Å². The predicted molar refractivity (Wildman–Crippen MR) is 282 cm³/mol. The van der Waals surface area contributed by atoms with Crippen LogP contribution in [0.15, 0.2) is 214 Å². The Kier molecular flexibility index (Phi) is 53.6. The van der Waals surface area contributed by atoms with E-state index in [9.17, 15) is 24.0 Å². The van der Waals surface area contributed by atoms with Crippen LogP contribution in [0.25, 0.3) is 0 Å². The first-order chi connectivity index (χ1) is 31.9. The Morgan fingerprint density at radius 3 is 1.16 bits per heavy atom. The molecular weight excluding hydrogens is 1070 g/mol. The molecule has 3 aromatic rings. The Balaban J connectivity index is -0.000000370. The molecule has 0 aromatic heterocycles. The Labute approximate surface area is 426 Å². The number of hydrogen-bond acceptors (Lipinski definition) is 8. The van der Waals surface area contributed by atoms with Crippen LogP contribution in [0.4, 0.5) is 0 Å². The van der Waals surface area contributed by atoms with Gasteiger partial charge in [-0.25, -0.2) is 19.2 Å². The number of halogens is 3. The van der Waals surface area contributed by atoms with Gasteiger partial charge in [-0.3, -0.25) is 4.79 Å². The van der Waals surface area contributed by atoms with Crippen molar-refractivity contribution in [3.05, 3.63) is 214 Å². The van der Waals surface area contributed by atoms with E-state index in [1.165, 1.54) is 59.3 Å². The van der Waals surface area contributed by atoms with Gasteiger partial charge in [0, 0.05) is 41.9 Å². The molecule has 0 fully saturated rings. The minimum atomic E-state index is -0.922. The van der Waals surface area contributed by atoms with E-state index < -0.39 is 19.9 Å². The molecule has 0 atom stereocenters. The highest BCUT2D eigenvalue weighted by molar-refractivity contribution is 9.09. The molecule has 67 heavy (non-hydrogen) atoms. The average Bonchev–Trinajstić information content (AvgIpc) is 3.31. The van der Waals surface area contributed by atoms with Crippen molar-refractivity contribution in [3.63, 3.8) is 0 Å². The molecular formula is C53H63Br3O10P-. The molecule has 3 rings (SSSR count). The first kappa shape index (κ1) is 67.9. The highest BCUT2D eigenvalue weighted by Gasteiger charge is 2.15. The number of carboxylic acid groups (broad SMARTS) is 2. The molecule has 3 aromatic carbocycles. The molecule has 0 saturated carbocycles. The minimum Gasteiger partial charge on any atom is -1.00 e. The summed E-state index contributed by atoms with van der Waals surface area (Å²) in [4.78, 5) is 50.9. The molecule has 0 radical (unpaired) electrons. The molecule has 0 aliphatic rings. The van der Waals surface area contributed by atoms with Gasteiger partial charge in [0.25, 0.3) is 0 Å². The number of esters is 3. The zero-order valence-electron chi connectivity index (χ0n) is 38.5. The molecule has 0 aliphatic heterocycles. The van der Waals surface area contributed by atoms with E-state index in [1.54, 1.807) is 49.5 Å². The maximum atomic E-state index is 10.8. The van der Waals surface area contributed by atoms with Crippen LogP contribution in [-0.2, 0) is 38.2 Å². The lowest BCUT2D eigenvalue weighted by atomic mass is 10.4. The number of carbonyl (C=O) groups is 5. The van der Waals surface area contributed by atoms with Crippen molar-refractivity contribution < 1.29 is 65.4 Å². The summed E-state index contributed by atoms with van der Waals surface area (Å²) in [5.74, 6) is -2.74. The third-order valence-electron chi connectivity index (χ3n) is 6.48. The smallest absolute Gasteiger partial charge is 0.331 e. The van der Waals surface area contributed by atoms with Crippen LogP contribution in [0.1, 0.15) is 34.1 Å². The lowest BCUT2D eigenvalue weighted by Crippen LogP contribution is -3.00. The molecule has 362 valence electrons. The Morgan fingerprint density at radius 1 is 0.552 bits per heavy atom. The van der Waals surface area contributed by atoms with E-state index in [0.717, 1.165) is 29.2 Å². The largest absolute Gasteiger partial charge is 1.00 e. The highest BCUT2D eigenvalue weighted by atomic mass is 79.9. The van der Waals surface area contributed by atoms with Crippen LogP contribution in [0.2, 0.25) is 0 Å². The molecule has 0 spiro atoms. The van der Waals surface area contributed by atoms with Crippen molar-refractivity contribution in [1.29, 1.82) is 0 Å². The van der Waals surface area contributed by atoms with Crippen LogP contribution in [0.5, 0.6) is 0 Å². The summed E-state index contributed by atoms with van der Waals surface area (Å²) in [5.41, 5.74) is 0. The fourth-order valence-corrected chi connectivity index (χ4v) is 6.63. The number of allylic oxidation sites excluding steroid dienone is 12. The summed E-state index contributed by atoms with van der Waals surface area (Å²) < 4.78 is 13.8. The van der Waals surface area contributed by atoms with Gasteiger partial charge in [-0.2, -0.15) is 0 Å². The summed E-state index contributed by atoms with van der Waals surface area (Å²) >= 11 is 6.36. The van der Waals surface area contributed by atoms with Gasteiger partial charge in [-0.15, -0.1) is 0 Å². The zero-order chi connectivity index (χ0) is 49.9. The SMILES string of the molecule is C/C=C/C=C/C(=O)O.C=CCOC(=O)/C=C/C=C/CBr.C=CCOC(=O)/C=C/C=C/CC.CCOC(C)=O.O=C(O)/C=C/C=C/CBr.[Br-].c1ccc(P(c2ccccc2)c2ccccc2)cc1. The minimum absolute atomic E-state index is 0. The molecule has 0 heterocycles. The van der Waals surface area contributed by atoms with Gasteiger partial charge in [0.2, 0.25) is 0 Å². The summed E-state index contributed by atoms with van der Waals surface area (Å²) in [6, 6.07) is 32.3. The third kappa shape index (κ3) is 49.6. The fraction of sp³-hybridized carbons (Fsp3) is 0.189. The van der Waals surface area contributed by atoms with E-state index in [2.05, 4.69) is 145 Å². The summed E-state index contributed by atoms with van der Waals surface area (Å²) in [6.45, 7) is 14.9. The number of alkyl halides is 2. The van der Waals surface area contributed by atoms with Crippen molar-refractivity contribution in [3.8, 4) is 0 Å². The van der Waals surface area contributed by atoms with Crippen molar-refractivity contribution in [2.24, 2.45) is 0 Å². The van der Waals surface area contributed by atoms with Gasteiger partial charge in [-0.1, -0.05) is 228 Å². The number of carboxylic acids is 2. The van der Waals surface area contributed by atoms with Crippen LogP contribution in [0, 0.1) is 0 Å².